The van der Waals surface area contributed by atoms with E-state index in [1.54, 1.807) is 30.3 Å². The van der Waals surface area contributed by atoms with Crippen LogP contribution in [0, 0.1) is 6.92 Å². The predicted octanol–water partition coefficient (Wildman–Crippen LogP) is 5.51. The highest BCUT2D eigenvalue weighted by atomic mass is 79.9. The predicted molar refractivity (Wildman–Crippen MR) is 148 cm³/mol. The van der Waals surface area contributed by atoms with Crippen LogP contribution in [0.4, 0.5) is 5.69 Å². The molecular formula is C28H24BrClN2O5. The number of hydrogen-bond acceptors (Lipinski definition) is 5. The first-order chi connectivity index (χ1) is 17.9. The van der Waals surface area contributed by atoms with Gasteiger partial charge in [0.1, 0.15) is 17.7 Å². The molecule has 1 heterocycles. The van der Waals surface area contributed by atoms with E-state index >= 15 is 0 Å². The quantitative estimate of drug-likeness (QED) is 0.253. The number of nitrogens with one attached hydrogen (secondary N) is 2. The average molecular weight is 584 g/mol. The first-order valence-corrected chi connectivity index (χ1v) is 13.0. The number of rotatable bonds is 9. The zero-order valence-electron chi connectivity index (χ0n) is 19.9. The fourth-order valence-electron chi connectivity index (χ4n) is 3.82. The molecule has 0 saturated heterocycles. The third-order valence-corrected chi connectivity index (χ3v) is 6.28. The molecule has 0 bridgehead atoms. The maximum absolute atomic E-state index is 13.3. The van der Waals surface area contributed by atoms with Crippen molar-refractivity contribution in [2.75, 3.05) is 17.3 Å². The highest BCUT2D eigenvalue weighted by molar-refractivity contribution is 9.09. The topological polar surface area (TPSA) is 97.6 Å². The molecule has 0 aliphatic heterocycles. The van der Waals surface area contributed by atoms with E-state index < -0.39 is 17.6 Å². The summed E-state index contributed by atoms with van der Waals surface area (Å²) < 4.78 is 10.6. The molecule has 0 fully saturated rings. The zero-order chi connectivity index (χ0) is 26.4. The minimum absolute atomic E-state index is 0.0582. The van der Waals surface area contributed by atoms with Gasteiger partial charge in [0.05, 0.1) is 5.39 Å². The highest BCUT2D eigenvalue weighted by Crippen LogP contribution is 2.32. The molecule has 0 aliphatic carbocycles. The van der Waals surface area contributed by atoms with Gasteiger partial charge in [-0.2, -0.15) is 0 Å². The number of carbonyl (C=O) groups is 2. The molecule has 3 aromatic carbocycles. The number of alkyl halides is 1. The summed E-state index contributed by atoms with van der Waals surface area (Å²) in [4.78, 5) is 38.8. The first-order valence-electron chi connectivity index (χ1n) is 11.5. The van der Waals surface area contributed by atoms with Crippen LogP contribution < -0.4 is 21.0 Å². The summed E-state index contributed by atoms with van der Waals surface area (Å²) in [6, 6.07) is 20.4. The fraction of sp³-hybridized carbons (Fsp3) is 0.179. The molecule has 1 atom stereocenters. The summed E-state index contributed by atoms with van der Waals surface area (Å²) in [5, 5.41) is 6.99. The summed E-state index contributed by atoms with van der Waals surface area (Å²) in [5.41, 5.74) is 1.99. The Morgan fingerprint density at radius 3 is 2.54 bits per heavy atom. The van der Waals surface area contributed by atoms with Gasteiger partial charge in [0.25, 0.3) is 5.91 Å². The van der Waals surface area contributed by atoms with Gasteiger partial charge in [-0.3, -0.25) is 9.59 Å². The third-order valence-electron chi connectivity index (χ3n) is 5.60. The molecule has 4 rings (SSSR count). The first kappa shape index (κ1) is 26.4. The number of aryl methyl sites for hydroxylation is 1. The van der Waals surface area contributed by atoms with Crippen LogP contribution in [-0.2, 0) is 11.2 Å². The van der Waals surface area contributed by atoms with Crippen LogP contribution in [0.2, 0.25) is 5.02 Å². The summed E-state index contributed by atoms with van der Waals surface area (Å²) in [5.74, 6) is -0.851. The van der Waals surface area contributed by atoms with Crippen LogP contribution in [0.3, 0.4) is 0 Å². The second kappa shape index (κ2) is 12.1. The van der Waals surface area contributed by atoms with Crippen LogP contribution in [-0.4, -0.2) is 29.8 Å². The lowest BCUT2D eigenvalue weighted by atomic mass is 10.0. The van der Waals surface area contributed by atoms with Crippen molar-refractivity contribution in [2.45, 2.75) is 19.4 Å². The van der Waals surface area contributed by atoms with Crippen molar-refractivity contribution >= 4 is 55.8 Å². The maximum Gasteiger partial charge on any atom is 0.346 e. The Morgan fingerprint density at radius 1 is 1.03 bits per heavy atom. The lowest BCUT2D eigenvalue weighted by molar-refractivity contribution is -0.118. The van der Waals surface area contributed by atoms with Gasteiger partial charge in [-0.05, 0) is 36.8 Å². The third kappa shape index (κ3) is 6.58. The number of ether oxygens (including phenoxy) is 1. The smallest absolute Gasteiger partial charge is 0.346 e. The lowest BCUT2D eigenvalue weighted by Gasteiger charge is -2.19. The van der Waals surface area contributed by atoms with Crippen molar-refractivity contribution < 1.29 is 18.7 Å². The summed E-state index contributed by atoms with van der Waals surface area (Å²) in [6.07, 6.45) is 0.278. The molecular weight excluding hydrogens is 560 g/mol. The van der Waals surface area contributed by atoms with E-state index in [2.05, 4.69) is 26.6 Å². The van der Waals surface area contributed by atoms with Gasteiger partial charge in [-0.1, -0.05) is 81.6 Å². The van der Waals surface area contributed by atoms with Gasteiger partial charge >= 0.3 is 11.6 Å². The lowest BCUT2D eigenvalue weighted by Crippen LogP contribution is -2.45. The number of benzene rings is 3. The number of hydrogen-bond donors (Lipinski definition) is 2. The number of anilines is 1. The fourth-order valence-corrected chi connectivity index (χ4v) is 4.24. The molecule has 9 heteroatoms. The Kier molecular flexibility index (Phi) is 8.63. The van der Waals surface area contributed by atoms with E-state index in [1.807, 2.05) is 43.3 Å². The summed E-state index contributed by atoms with van der Waals surface area (Å²) in [7, 11) is 0. The van der Waals surface area contributed by atoms with Gasteiger partial charge in [-0.15, -0.1) is 0 Å². The van der Waals surface area contributed by atoms with Crippen molar-refractivity contribution in [3.63, 3.8) is 0 Å². The van der Waals surface area contributed by atoms with Crippen molar-refractivity contribution in [2.24, 2.45) is 0 Å². The van der Waals surface area contributed by atoms with E-state index in [9.17, 15) is 14.4 Å². The minimum Gasteiger partial charge on any atom is -0.463 e. The Balaban J connectivity index is 1.59. The van der Waals surface area contributed by atoms with E-state index in [1.165, 1.54) is 6.07 Å². The molecule has 4 aromatic rings. The molecule has 0 spiro atoms. The van der Waals surface area contributed by atoms with E-state index in [0.29, 0.717) is 22.0 Å². The summed E-state index contributed by atoms with van der Waals surface area (Å²) in [6.45, 7) is 2.17. The molecule has 190 valence electrons. The van der Waals surface area contributed by atoms with Crippen LogP contribution in [0.15, 0.2) is 82.0 Å². The molecule has 0 unspecified atom stereocenters. The van der Waals surface area contributed by atoms with Crippen molar-refractivity contribution in [3.8, 4) is 5.95 Å². The van der Waals surface area contributed by atoms with Crippen LogP contribution in [0.5, 0.6) is 5.95 Å². The zero-order valence-corrected chi connectivity index (χ0v) is 22.3. The Labute approximate surface area is 226 Å². The molecule has 1 aromatic heterocycles. The largest absolute Gasteiger partial charge is 0.463 e. The summed E-state index contributed by atoms with van der Waals surface area (Å²) >= 11 is 9.61. The van der Waals surface area contributed by atoms with Gasteiger partial charge in [0.15, 0.2) is 0 Å². The van der Waals surface area contributed by atoms with Gasteiger partial charge in [0, 0.05) is 28.4 Å². The second-order valence-electron chi connectivity index (χ2n) is 8.36. The molecule has 2 N–H and O–H groups in total. The maximum atomic E-state index is 13.3. The second-order valence-corrected chi connectivity index (χ2v) is 9.53. The van der Waals surface area contributed by atoms with Gasteiger partial charge in [0.2, 0.25) is 5.91 Å². The molecule has 0 aliphatic rings. The number of amides is 2. The Morgan fingerprint density at radius 2 is 1.81 bits per heavy atom. The molecule has 0 radical (unpaired) electrons. The molecule has 37 heavy (non-hydrogen) atoms. The van der Waals surface area contributed by atoms with E-state index in [4.69, 9.17) is 20.8 Å². The van der Waals surface area contributed by atoms with Crippen LogP contribution in [0.1, 0.15) is 21.5 Å². The molecule has 2 amide bonds. The van der Waals surface area contributed by atoms with Crippen molar-refractivity contribution in [3.05, 3.63) is 105 Å². The van der Waals surface area contributed by atoms with Gasteiger partial charge < -0.3 is 19.8 Å². The Bertz CT molecular complexity index is 1490. The van der Waals surface area contributed by atoms with E-state index in [0.717, 1.165) is 11.1 Å². The highest BCUT2D eigenvalue weighted by Gasteiger charge is 2.23. The van der Waals surface area contributed by atoms with Crippen LogP contribution >= 0.6 is 27.5 Å². The number of halogens is 2. The molecule has 7 nitrogen and oxygen atoms in total. The van der Waals surface area contributed by atoms with E-state index in [-0.39, 0.29) is 35.3 Å². The SMILES string of the molecule is Cc1cccc(C(=O)N[C@@H](Cc2ccccc2)C(=O)Nc2ccc3c(Cl)c(OCCBr)oc(=O)c3c2)c1. The molecule has 0 saturated carbocycles. The number of fused-ring (bicyclic) bond motifs is 1. The standard InChI is InChI=1S/C28H24BrClN2O5/c1-17-6-5-9-19(14-17)25(33)32-23(15-18-7-3-2-4-8-18)26(34)31-20-10-11-21-22(16-20)27(35)37-28(24(21)30)36-13-12-29/h2-11,14,16,23H,12-13,15H2,1H3,(H,31,34)(H,32,33)/t23-/m0/s1. The minimum atomic E-state index is -0.869. The van der Waals surface area contributed by atoms with Gasteiger partial charge in [-0.25, -0.2) is 4.79 Å². The van der Waals surface area contributed by atoms with Crippen molar-refractivity contribution in [1.29, 1.82) is 0 Å². The normalized spacial score (nSPS) is 11.6. The van der Waals surface area contributed by atoms with Crippen LogP contribution in [0.25, 0.3) is 10.8 Å². The average Bonchev–Trinajstić information content (AvgIpc) is 2.90. The number of carbonyl (C=O) groups excluding carboxylic acids is 2. The van der Waals surface area contributed by atoms with Crippen molar-refractivity contribution in [1.82, 2.24) is 5.32 Å². The Hall–Kier alpha value is -3.62. The monoisotopic (exact) mass is 582 g/mol.